The number of fused-ring (bicyclic) bond motifs is 1. The van der Waals surface area contributed by atoms with Crippen molar-refractivity contribution < 1.29 is 17.6 Å². The maximum atomic E-state index is 12.3. The van der Waals surface area contributed by atoms with Gasteiger partial charge in [0.1, 0.15) is 5.76 Å². The molecule has 4 aromatic rings. The van der Waals surface area contributed by atoms with Crippen molar-refractivity contribution in [3.8, 4) is 0 Å². The van der Waals surface area contributed by atoms with E-state index in [1.807, 2.05) is 24.3 Å². The van der Waals surface area contributed by atoms with E-state index >= 15 is 0 Å². The molecule has 0 saturated carbocycles. The van der Waals surface area contributed by atoms with Crippen LogP contribution >= 0.6 is 23.1 Å². The van der Waals surface area contributed by atoms with E-state index in [1.54, 1.807) is 35.6 Å². The van der Waals surface area contributed by atoms with Gasteiger partial charge in [-0.3, -0.25) is 4.79 Å². The Kier molecular flexibility index (Phi) is 6.18. The summed E-state index contributed by atoms with van der Waals surface area (Å²) >= 11 is 2.91. The van der Waals surface area contributed by atoms with Gasteiger partial charge in [0.05, 0.1) is 33.7 Å². The fourth-order valence-electron chi connectivity index (χ4n) is 2.62. The van der Waals surface area contributed by atoms with Crippen LogP contribution in [0.2, 0.25) is 0 Å². The molecular formula is C20H17N3O4S3. The molecule has 2 aromatic heterocycles. The maximum Gasteiger partial charge on any atom is 0.240 e. The Hall–Kier alpha value is -2.66. The normalized spacial score (nSPS) is 11.6. The van der Waals surface area contributed by atoms with Gasteiger partial charge in [0.25, 0.3) is 0 Å². The number of nitrogens with zero attached hydrogens (tertiary/aromatic N) is 1. The molecule has 0 radical (unpaired) electrons. The molecule has 7 nitrogen and oxygen atoms in total. The molecule has 154 valence electrons. The van der Waals surface area contributed by atoms with E-state index in [0.29, 0.717) is 11.4 Å². The minimum Gasteiger partial charge on any atom is -0.468 e. The lowest BCUT2D eigenvalue weighted by Gasteiger charge is -2.08. The number of furan rings is 1. The van der Waals surface area contributed by atoms with Crippen molar-refractivity contribution >= 4 is 54.9 Å². The second-order valence-corrected chi connectivity index (χ2v) is 10.2. The van der Waals surface area contributed by atoms with E-state index in [1.165, 1.54) is 30.2 Å². The molecule has 2 aromatic carbocycles. The first-order valence-electron chi connectivity index (χ1n) is 8.90. The summed E-state index contributed by atoms with van der Waals surface area (Å²) in [6.45, 7) is 0.0663. The summed E-state index contributed by atoms with van der Waals surface area (Å²) in [4.78, 5) is 16.8. The zero-order chi connectivity index (χ0) is 21.0. The number of para-hydroxylation sites is 1. The number of aromatic nitrogens is 1. The van der Waals surface area contributed by atoms with Crippen LogP contribution in [0.15, 0.2) is 80.6 Å². The molecule has 2 heterocycles. The maximum absolute atomic E-state index is 12.3. The summed E-state index contributed by atoms with van der Waals surface area (Å²) < 4.78 is 34.2. The number of nitrogens with one attached hydrogen (secondary N) is 2. The standard InChI is InChI=1S/C20H17N3O4S3/c24-19(13-28-20-23-17-5-1-2-6-18(17)29-20)22-14-7-9-16(10-8-14)30(25,26)21-12-15-4-3-11-27-15/h1-11,21H,12-13H2,(H,22,24). The number of thiazole rings is 1. The second-order valence-electron chi connectivity index (χ2n) is 6.21. The molecule has 1 amide bonds. The fraction of sp³-hybridized carbons (Fsp3) is 0.100. The monoisotopic (exact) mass is 459 g/mol. The van der Waals surface area contributed by atoms with Crippen molar-refractivity contribution in [2.45, 2.75) is 15.8 Å². The molecule has 0 saturated heterocycles. The predicted octanol–water partition coefficient (Wildman–Crippen LogP) is 4.10. The van der Waals surface area contributed by atoms with Crippen LogP contribution in [0.25, 0.3) is 10.2 Å². The Morgan fingerprint density at radius 1 is 1.07 bits per heavy atom. The van der Waals surface area contributed by atoms with Gasteiger partial charge in [0, 0.05) is 5.69 Å². The molecule has 10 heteroatoms. The zero-order valence-electron chi connectivity index (χ0n) is 15.6. The lowest BCUT2D eigenvalue weighted by Crippen LogP contribution is -2.23. The molecule has 0 fully saturated rings. The molecule has 0 unspecified atom stereocenters. The first kappa shape index (κ1) is 20.6. The van der Waals surface area contributed by atoms with Crippen molar-refractivity contribution in [3.05, 3.63) is 72.7 Å². The number of amides is 1. The van der Waals surface area contributed by atoms with E-state index in [9.17, 15) is 13.2 Å². The lowest BCUT2D eigenvalue weighted by atomic mass is 10.3. The molecule has 4 rings (SSSR count). The summed E-state index contributed by atoms with van der Waals surface area (Å²) in [6.07, 6.45) is 1.48. The van der Waals surface area contributed by atoms with E-state index in [-0.39, 0.29) is 23.1 Å². The fourth-order valence-corrected chi connectivity index (χ4v) is 5.48. The van der Waals surface area contributed by atoms with Gasteiger partial charge in [0.15, 0.2) is 4.34 Å². The van der Waals surface area contributed by atoms with Crippen LogP contribution in [0.5, 0.6) is 0 Å². The number of carbonyl (C=O) groups is 1. The summed E-state index contributed by atoms with van der Waals surface area (Å²) in [5.74, 6) is 0.545. The van der Waals surface area contributed by atoms with E-state index in [0.717, 1.165) is 14.6 Å². The van der Waals surface area contributed by atoms with Crippen molar-refractivity contribution in [1.29, 1.82) is 0 Å². The van der Waals surface area contributed by atoms with E-state index in [4.69, 9.17) is 4.42 Å². The van der Waals surface area contributed by atoms with Gasteiger partial charge in [-0.2, -0.15) is 0 Å². The Bertz CT molecular complexity index is 1220. The van der Waals surface area contributed by atoms with Crippen molar-refractivity contribution in [2.75, 3.05) is 11.1 Å². The average Bonchev–Trinajstić information content (AvgIpc) is 3.40. The summed E-state index contributed by atoms with van der Waals surface area (Å²) in [5.41, 5.74) is 1.44. The molecule has 0 spiro atoms. The van der Waals surface area contributed by atoms with Gasteiger partial charge < -0.3 is 9.73 Å². The minimum absolute atomic E-state index is 0.0663. The minimum atomic E-state index is -3.67. The highest BCUT2D eigenvalue weighted by Gasteiger charge is 2.15. The topological polar surface area (TPSA) is 101 Å². The lowest BCUT2D eigenvalue weighted by molar-refractivity contribution is -0.113. The number of carbonyl (C=O) groups excluding carboxylic acids is 1. The molecule has 0 aliphatic carbocycles. The quantitative estimate of drug-likeness (QED) is 0.385. The van der Waals surface area contributed by atoms with Crippen molar-refractivity contribution in [2.24, 2.45) is 0 Å². The number of hydrogen-bond donors (Lipinski definition) is 2. The highest BCUT2D eigenvalue weighted by Crippen LogP contribution is 2.29. The average molecular weight is 460 g/mol. The van der Waals surface area contributed by atoms with Gasteiger partial charge in [0.2, 0.25) is 15.9 Å². The number of hydrogen-bond acceptors (Lipinski definition) is 7. The first-order chi connectivity index (χ1) is 14.5. The first-order valence-corrected chi connectivity index (χ1v) is 12.2. The van der Waals surface area contributed by atoms with Crippen molar-refractivity contribution in [3.63, 3.8) is 0 Å². The van der Waals surface area contributed by atoms with E-state index in [2.05, 4.69) is 15.0 Å². The molecule has 0 aliphatic rings. The van der Waals surface area contributed by atoms with Crippen molar-refractivity contribution in [1.82, 2.24) is 9.71 Å². The van der Waals surface area contributed by atoms with Crippen LogP contribution in [0.1, 0.15) is 5.76 Å². The molecule has 0 bridgehead atoms. The van der Waals surface area contributed by atoms with Gasteiger partial charge in [-0.25, -0.2) is 18.1 Å². The Labute approximate surface area is 181 Å². The summed E-state index contributed by atoms with van der Waals surface area (Å²) in [6, 6.07) is 17.2. The molecule has 2 N–H and O–H groups in total. The third-order valence-corrected chi connectivity index (χ3v) is 7.66. The molecule has 0 aliphatic heterocycles. The third kappa shape index (κ3) is 5.08. The van der Waals surface area contributed by atoms with Gasteiger partial charge in [-0.1, -0.05) is 23.9 Å². The van der Waals surface area contributed by atoms with Crippen LogP contribution in [-0.4, -0.2) is 25.1 Å². The molecule has 30 heavy (non-hydrogen) atoms. The second kappa shape index (κ2) is 9.00. The van der Waals surface area contributed by atoms with Gasteiger partial charge in [-0.05, 0) is 48.5 Å². The number of sulfonamides is 1. The van der Waals surface area contributed by atoms with Crippen LogP contribution in [0.3, 0.4) is 0 Å². The number of rotatable bonds is 8. The van der Waals surface area contributed by atoms with Crippen LogP contribution in [0.4, 0.5) is 5.69 Å². The molecule has 0 atom stereocenters. The zero-order valence-corrected chi connectivity index (χ0v) is 18.0. The highest BCUT2D eigenvalue weighted by molar-refractivity contribution is 8.01. The van der Waals surface area contributed by atoms with Gasteiger partial charge in [-0.15, -0.1) is 11.3 Å². The van der Waals surface area contributed by atoms with Gasteiger partial charge >= 0.3 is 0 Å². The Morgan fingerprint density at radius 3 is 2.60 bits per heavy atom. The summed E-state index contributed by atoms with van der Waals surface area (Å²) in [5, 5.41) is 2.77. The third-order valence-electron chi connectivity index (χ3n) is 4.07. The number of anilines is 1. The van der Waals surface area contributed by atoms with E-state index < -0.39 is 10.0 Å². The van der Waals surface area contributed by atoms with Crippen LogP contribution in [0, 0.1) is 0 Å². The largest absolute Gasteiger partial charge is 0.468 e. The Morgan fingerprint density at radius 2 is 1.87 bits per heavy atom. The predicted molar refractivity (Wildman–Crippen MR) is 118 cm³/mol. The molecular weight excluding hydrogens is 442 g/mol. The highest BCUT2D eigenvalue weighted by atomic mass is 32.2. The smallest absolute Gasteiger partial charge is 0.240 e. The SMILES string of the molecule is O=C(CSc1nc2ccccc2s1)Nc1ccc(S(=O)(=O)NCc2ccco2)cc1. The number of thioether (sulfide) groups is 1. The number of benzene rings is 2. The Balaban J connectivity index is 1.31. The summed E-state index contributed by atoms with van der Waals surface area (Å²) in [7, 11) is -3.67. The van der Waals surface area contributed by atoms with Crippen LogP contribution in [-0.2, 0) is 21.4 Å². The van der Waals surface area contributed by atoms with Crippen LogP contribution < -0.4 is 10.0 Å².